The van der Waals surface area contributed by atoms with Gasteiger partial charge in [-0.3, -0.25) is 4.68 Å². The van der Waals surface area contributed by atoms with Crippen molar-refractivity contribution in [3.8, 4) is 6.07 Å². The molecule has 0 atom stereocenters. The van der Waals surface area contributed by atoms with E-state index in [4.69, 9.17) is 11.0 Å². The van der Waals surface area contributed by atoms with Crippen LogP contribution in [0, 0.1) is 11.3 Å². The van der Waals surface area contributed by atoms with Crippen LogP contribution >= 0.6 is 0 Å². The van der Waals surface area contributed by atoms with Crippen molar-refractivity contribution >= 4 is 11.4 Å². The molecule has 0 bridgehead atoms. The summed E-state index contributed by atoms with van der Waals surface area (Å²) in [6.07, 6.45) is 1.63. The van der Waals surface area contributed by atoms with E-state index < -0.39 is 0 Å². The molecule has 2 rings (SSSR count). The highest BCUT2D eigenvalue weighted by atomic mass is 15.3. The summed E-state index contributed by atoms with van der Waals surface area (Å²) in [4.78, 5) is 4.09. The smallest absolute Gasteiger partial charge is 0.169 e. The molecule has 0 aliphatic rings. The maximum atomic E-state index is 8.96. The molecule has 86 valence electrons. The van der Waals surface area contributed by atoms with E-state index in [9.17, 15) is 0 Å². The summed E-state index contributed by atoms with van der Waals surface area (Å²) in [6.45, 7) is 0.472. The lowest BCUT2D eigenvalue weighted by Gasteiger charge is -2.06. The number of aromatic nitrogens is 3. The predicted octanol–water partition coefficient (Wildman–Crippen LogP) is 0.881. The lowest BCUT2D eigenvalue weighted by molar-refractivity contribution is 0.747. The molecule has 0 spiro atoms. The molecule has 6 heteroatoms. The van der Waals surface area contributed by atoms with E-state index in [2.05, 4.69) is 21.5 Å². The summed E-state index contributed by atoms with van der Waals surface area (Å²) in [5, 5.41) is 16.2. The van der Waals surface area contributed by atoms with E-state index in [1.807, 2.05) is 0 Å². The van der Waals surface area contributed by atoms with Crippen molar-refractivity contribution in [2.75, 3.05) is 11.1 Å². The Kier molecular flexibility index (Phi) is 2.92. The zero-order chi connectivity index (χ0) is 12.3. The molecule has 0 aliphatic heterocycles. The Bertz CT molecular complexity index is 566. The molecule has 0 saturated carbocycles. The molecule has 0 aliphatic carbocycles. The van der Waals surface area contributed by atoms with Crippen LogP contribution in [0.3, 0.4) is 0 Å². The molecule has 3 N–H and O–H groups in total. The second-order valence-electron chi connectivity index (χ2n) is 3.60. The van der Waals surface area contributed by atoms with E-state index in [1.54, 1.807) is 36.3 Å². The third-order valence-electron chi connectivity index (χ3n) is 2.25. The van der Waals surface area contributed by atoms with Gasteiger partial charge in [0.2, 0.25) is 0 Å². The molecule has 1 aromatic carbocycles. The average Bonchev–Trinajstić information content (AvgIpc) is 2.73. The maximum Gasteiger partial charge on any atom is 0.169 e. The number of hydrogen-bond donors (Lipinski definition) is 2. The number of aryl methyl sites for hydroxylation is 1. The number of rotatable bonds is 3. The summed E-state index contributed by atoms with van der Waals surface area (Å²) in [6, 6.07) is 7.24. The number of nitriles is 1. The summed E-state index contributed by atoms with van der Waals surface area (Å²) in [5.41, 5.74) is 7.42. The van der Waals surface area contributed by atoms with E-state index in [0.29, 0.717) is 23.6 Å². The first kappa shape index (κ1) is 11.0. The highest BCUT2D eigenvalue weighted by Crippen LogP contribution is 2.18. The second kappa shape index (κ2) is 4.53. The zero-order valence-electron chi connectivity index (χ0n) is 9.38. The maximum absolute atomic E-state index is 8.96. The van der Waals surface area contributed by atoms with Gasteiger partial charge in [-0.1, -0.05) is 0 Å². The fraction of sp³-hybridized carbons (Fsp3) is 0.182. The SMILES string of the molecule is Cn1cnc(CNc2ccc(N)cc2C#N)n1. The van der Waals surface area contributed by atoms with Gasteiger partial charge in [-0.25, -0.2) is 4.98 Å². The molecule has 1 heterocycles. The Hall–Kier alpha value is -2.55. The van der Waals surface area contributed by atoms with Crippen molar-refractivity contribution < 1.29 is 0 Å². The second-order valence-corrected chi connectivity index (χ2v) is 3.60. The van der Waals surface area contributed by atoms with Gasteiger partial charge < -0.3 is 11.1 Å². The molecular formula is C11H12N6. The molecule has 17 heavy (non-hydrogen) atoms. The van der Waals surface area contributed by atoms with Gasteiger partial charge in [-0.15, -0.1) is 0 Å². The van der Waals surface area contributed by atoms with E-state index in [0.717, 1.165) is 5.69 Å². The topological polar surface area (TPSA) is 92.5 Å². The van der Waals surface area contributed by atoms with Crippen molar-refractivity contribution in [3.05, 3.63) is 35.9 Å². The standard InChI is InChI=1S/C11H12N6/c1-17-7-15-11(16-17)6-14-10-3-2-9(13)4-8(10)5-12/h2-4,7,14H,6,13H2,1H3. The first-order chi connectivity index (χ1) is 8.19. The summed E-state index contributed by atoms with van der Waals surface area (Å²) >= 11 is 0. The van der Waals surface area contributed by atoms with Crippen LogP contribution in [0.25, 0.3) is 0 Å². The quantitative estimate of drug-likeness (QED) is 0.761. The molecule has 0 fully saturated rings. The van der Waals surface area contributed by atoms with Gasteiger partial charge >= 0.3 is 0 Å². The van der Waals surface area contributed by atoms with Gasteiger partial charge in [0, 0.05) is 12.7 Å². The summed E-state index contributed by atoms with van der Waals surface area (Å²) < 4.78 is 1.63. The highest BCUT2D eigenvalue weighted by Gasteiger charge is 2.03. The van der Waals surface area contributed by atoms with Crippen LogP contribution in [0.2, 0.25) is 0 Å². The van der Waals surface area contributed by atoms with Gasteiger partial charge in [0.1, 0.15) is 12.4 Å². The predicted molar refractivity (Wildman–Crippen MR) is 63.9 cm³/mol. The molecule has 0 unspecified atom stereocenters. The fourth-order valence-corrected chi connectivity index (χ4v) is 1.45. The lowest BCUT2D eigenvalue weighted by atomic mass is 10.1. The average molecular weight is 228 g/mol. The fourth-order valence-electron chi connectivity index (χ4n) is 1.45. The van der Waals surface area contributed by atoms with Crippen LogP contribution in [-0.2, 0) is 13.6 Å². The van der Waals surface area contributed by atoms with E-state index >= 15 is 0 Å². The normalized spacial score (nSPS) is 9.88. The van der Waals surface area contributed by atoms with E-state index in [-0.39, 0.29) is 0 Å². The van der Waals surface area contributed by atoms with Crippen LogP contribution in [0.1, 0.15) is 11.4 Å². The van der Waals surface area contributed by atoms with Crippen LogP contribution in [0.15, 0.2) is 24.5 Å². The van der Waals surface area contributed by atoms with Crippen molar-refractivity contribution in [2.45, 2.75) is 6.54 Å². The minimum atomic E-state index is 0.472. The Labute approximate surface area is 98.7 Å². The molecule has 0 radical (unpaired) electrons. The number of hydrogen-bond acceptors (Lipinski definition) is 5. The molecule has 6 nitrogen and oxygen atoms in total. The van der Waals surface area contributed by atoms with Gasteiger partial charge in [0.15, 0.2) is 5.82 Å². The third kappa shape index (κ3) is 2.52. The van der Waals surface area contributed by atoms with Crippen molar-refractivity contribution in [3.63, 3.8) is 0 Å². The highest BCUT2D eigenvalue weighted by molar-refractivity contribution is 5.62. The largest absolute Gasteiger partial charge is 0.399 e. The number of nitrogens with one attached hydrogen (secondary N) is 1. The van der Waals surface area contributed by atoms with Crippen LogP contribution in [-0.4, -0.2) is 14.8 Å². The van der Waals surface area contributed by atoms with Crippen LogP contribution in [0.4, 0.5) is 11.4 Å². The number of nitrogen functional groups attached to an aromatic ring is 1. The third-order valence-corrected chi connectivity index (χ3v) is 2.25. The zero-order valence-corrected chi connectivity index (χ0v) is 9.38. The summed E-state index contributed by atoms with van der Waals surface area (Å²) in [5.74, 6) is 0.674. The molecular weight excluding hydrogens is 216 g/mol. The number of nitrogens with zero attached hydrogens (tertiary/aromatic N) is 4. The van der Waals surface area contributed by atoms with E-state index in [1.165, 1.54) is 0 Å². The Balaban J connectivity index is 2.12. The van der Waals surface area contributed by atoms with Crippen molar-refractivity contribution in [1.29, 1.82) is 5.26 Å². The number of benzene rings is 1. The first-order valence-corrected chi connectivity index (χ1v) is 5.07. The Morgan fingerprint density at radius 3 is 3.00 bits per heavy atom. The lowest BCUT2D eigenvalue weighted by Crippen LogP contribution is -2.04. The minimum absolute atomic E-state index is 0.472. The van der Waals surface area contributed by atoms with Gasteiger partial charge in [-0.05, 0) is 18.2 Å². The molecule has 2 aromatic rings. The van der Waals surface area contributed by atoms with Gasteiger partial charge in [-0.2, -0.15) is 10.4 Å². The monoisotopic (exact) mass is 228 g/mol. The van der Waals surface area contributed by atoms with Crippen molar-refractivity contribution in [2.24, 2.45) is 7.05 Å². The molecule has 1 aromatic heterocycles. The minimum Gasteiger partial charge on any atom is -0.399 e. The Morgan fingerprint density at radius 2 is 2.35 bits per heavy atom. The number of nitrogens with two attached hydrogens (primary N) is 1. The summed E-state index contributed by atoms with van der Waals surface area (Å²) in [7, 11) is 1.81. The van der Waals surface area contributed by atoms with Crippen LogP contribution in [0.5, 0.6) is 0 Å². The van der Waals surface area contributed by atoms with Crippen LogP contribution < -0.4 is 11.1 Å². The van der Waals surface area contributed by atoms with Gasteiger partial charge in [0.05, 0.1) is 17.8 Å². The number of anilines is 2. The van der Waals surface area contributed by atoms with Crippen molar-refractivity contribution in [1.82, 2.24) is 14.8 Å². The first-order valence-electron chi connectivity index (χ1n) is 5.07. The Morgan fingerprint density at radius 1 is 1.53 bits per heavy atom. The van der Waals surface area contributed by atoms with Gasteiger partial charge in [0.25, 0.3) is 0 Å². The molecule has 0 amide bonds. The molecule has 0 saturated heterocycles.